The highest BCUT2D eigenvalue weighted by Crippen LogP contribution is 2.24. The Morgan fingerprint density at radius 3 is 2.94 bits per heavy atom. The molecule has 0 spiro atoms. The van der Waals surface area contributed by atoms with Crippen molar-refractivity contribution in [1.82, 2.24) is 10.3 Å². The molecule has 4 nitrogen and oxygen atoms in total. The van der Waals surface area contributed by atoms with Crippen LogP contribution in [0.1, 0.15) is 37.3 Å². The van der Waals surface area contributed by atoms with Crippen LogP contribution < -0.4 is 5.32 Å². The second-order valence-electron chi connectivity index (χ2n) is 4.39. The molecule has 4 heteroatoms. The van der Waals surface area contributed by atoms with Crippen molar-refractivity contribution in [3.05, 3.63) is 17.8 Å². The Labute approximate surface area is 95.4 Å². The number of amides is 1. The molecule has 1 amide bonds. The first-order valence-electron chi connectivity index (χ1n) is 5.95. The summed E-state index contributed by atoms with van der Waals surface area (Å²) in [4.78, 5) is 15.8. The van der Waals surface area contributed by atoms with Gasteiger partial charge in [-0.1, -0.05) is 12.8 Å². The van der Waals surface area contributed by atoms with Crippen molar-refractivity contribution in [3.8, 4) is 0 Å². The molecule has 0 atom stereocenters. The van der Waals surface area contributed by atoms with Crippen LogP contribution in [-0.4, -0.2) is 17.4 Å². The lowest BCUT2D eigenvalue weighted by atomic mass is 10.1. The van der Waals surface area contributed by atoms with E-state index in [-0.39, 0.29) is 11.8 Å². The molecule has 88 valence electrons. The molecule has 1 aromatic heterocycles. The van der Waals surface area contributed by atoms with E-state index in [9.17, 15) is 4.79 Å². The lowest BCUT2D eigenvalue weighted by Gasteiger charge is -2.08. The van der Waals surface area contributed by atoms with E-state index >= 15 is 0 Å². The van der Waals surface area contributed by atoms with Crippen LogP contribution in [0.15, 0.2) is 10.6 Å². The van der Waals surface area contributed by atoms with Crippen molar-refractivity contribution in [1.29, 1.82) is 0 Å². The minimum absolute atomic E-state index is 0.195. The Morgan fingerprint density at radius 2 is 2.31 bits per heavy atom. The van der Waals surface area contributed by atoms with Crippen LogP contribution in [0.3, 0.4) is 0 Å². The minimum atomic E-state index is 0.195. The van der Waals surface area contributed by atoms with Gasteiger partial charge in [-0.15, -0.1) is 0 Å². The molecule has 2 rings (SSSR count). The first-order chi connectivity index (χ1) is 7.75. The number of nitrogens with zero attached hydrogens (tertiary/aromatic N) is 1. The van der Waals surface area contributed by atoms with Gasteiger partial charge in [0.15, 0.2) is 5.89 Å². The van der Waals surface area contributed by atoms with Crippen molar-refractivity contribution >= 4 is 5.91 Å². The van der Waals surface area contributed by atoms with Gasteiger partial charge in [-0.2, -0.15) is 0 Å². The summed E-state index contributed by atoms with van der Waals surface area (Å²) in [6, 6.07) is 0. The standard InChI is InChI=1S/C12H18N2O2/c1-9-8-14-11(16-9)6-7-13-12(15)10-4-2-3-5-10/h8,10H,2-7H2,1H3,(H,13,15). The van der Waals surface area contributed by atoms with Crippen molar-refractivity contribution in [3.63, 3.8) is 0 Å². The average molecular weight is 222 g/mol. The summed E-state index contributed by atoms with van der Waals surface area (Å²) in [5.74, 6) is 1.95. The van der Waals surface area contributed by atoms with Crippen LogP contribution in [0.25, 0.3) is 0 Å². The van der Waals surface area contributed by atoms with E-state index in [4.69, 9.17) is 4.42 Å². The number of rotatable bonds is 4. The zero-order chi connectivity index (χ0) is 11.4. The maximum absolute atomic E-state index is 11.7. The van der Waals surface area contributed by atoms with Crippen LogP contribution in [-0.2, 0) is 11.2 Å². The molecule has 0 saturated heterocycles. The summed E-state index contributed by atoms with van der Waals surface area (Å²) in [5, 5.41) is 2.94. The highest BCUT2D eigenvalue weighted by atomic mass is 16.4. The lowest BCUT2D eigenvalue weighted by Crippen LogP contribution is -2.30. The molecular formula is C12H18N2O2. The molecular weight excluding hydrogens is 204 g/mol. The third-order valence-corrected chi connectivity index (χ3v) is 3.03. The van der Waals surface area contributed by atoms with Gasteiger partial charge in [0.25, 0.3) is 0 Å². The van der Waals surface area contributed by atoms with Gasteiger partial charge in [-0.3, -0.25) is 4.79 Å². The van der Waals surface area contributed by atoms with Crippen molar-refractivity contribution < 1.29 is 9.21 Å². The quantitative estimate of drug-likeness (QED) is 0.845. The zero-order valence-corrected chi connectivity index (χ0v) is 9.66. The van der Waals surface area contributed by atoms with E-state index in [0.717, 1.165) is 18.6 Å². The molecule has 0 unspecified atom stereocenters. The van der Waals surface area contributed by atoms with E-state index in [1.165, 1.54) is 12.8 Å². The number of hydrogen-bond donors (Lipinski definition) is 1. The van der Waals surface area contributed by atoms with Crippen LogP contribution in [0.2, 0.25) is 0 Å². The topological polar surface area (TPSA) is 55.1 Å². The summed E-state index contributed by atoms with van der Waals surface area (Å²) in [6.45, 7) is 2.49. The largest absolute Gasteiger partial charge is 0.446 e. The predicted molar refractivity (Wildman–Crippen MR) is 59.9 cm³/mol. The Bertz CT molecular complexity index is 354. The molecule has 1 aliphatic rings. The summed E-state index contributed by atoms with van der Waals surface area (Å²) in [7, 11) is 0. The van der Waals surface area contributed by atoms with E-state index < -0.39 is 0 Å². The lowest BCUT2D eigenvalue weighted by molar-refractivity contribution is -0.124. The fourth-order valence-corrected chi connectivity index (χ4v) is 2.14. The SMILES string of the molecule is Cc1cnc(CCNC(=O)C2CCCC2)o1. The zero-order valence-electron chi connectivity index (χ0n) is 9.66. The molecule has 1 aliphatic carbocycles. The Kier molecular flexibility index (Phi) is 3.59. The maximum atomic E-state index is 11.7. The van der Waals surface area contributed by atoms with Gasteiger partial charge in [0.05, 0.1) is 6.20 Å². The number of carbonyl (C=O) groups excluding carboxylic acids is 1. The fourth-order valence-electron chi connectivity index (χ4n) is 2.14. The van der Waals surface area contributed by atoms with Gasteiger partial charge < -0.3 is 9.73 Å². The van der Waals surface area contributed by atoms with Crippen molar-refractivity contribution in [2.45, 2.75) is 39.0 Å². The predicted octanol–water partition coefficient (Wildman–Crippen LogP) is 1.83. The normalized spacial score (nSPS) is 16.6. The van der Waals surface area contributed by atoms with Gasteiger partial charge >= 0.3 is 0 Å². The third kappa shape index (κ3) is 2.84. The van der Waals surface area contributed by atoms with E-state index in [2.05, 4.69) is 10.3 Å². The van der Waals surface area contributed by atoms with E-state index in [0.29, 0.717) is 18.9 Å². The molecule has 1 heterocycles. The molecule has 1 aromatic rings. The van der Waals surface area contributed by atoms with Crippen LogP contribution in [0.4, 0.5) is 0 Å². The molecule has 0 aliphatic heterocycles. The molecule has 1 N–H and O–H groups in total. The summed E-state index contributed by atoms with van der Waals surface area (Å²) in [5.41, 5.74) is 0. The minimum Gasteiger partial charge on any atom is -0.446 e. The number of oxazole rings is 1. The van der Waals surface area contributed by atoms with Gasteiger partial charge in [0.1, 0.15) is 5.76 Å². The third-order valence-electron chi connectivity index (χ3n) is 3.03. The molecule has 0 bridgehead atoms. The van der Waals surface area contributed by atoms with E-state index in [1.54, 1.807) is 6.20 Å². The Morgan fingerprint density at radius 1 is 1.56 bits per heavy atom. The molecule has 0 aromatic carbocycles. The van der Waals surface area contributed by atoms with Crippen LogP contribution in [0.5, 0.6) is 0 Å². The number of aryl methyl sites for hydroxylation is 1. The molecule has 1 fully saturated rings. The maximum Gasteiger partial charge on any atom is 0.223 e. The molecule has 16 heavy (non-hydrogen) atoms. The average Bonchev–Trinajstić information content (AvgIpc) is 2.89. The first kappa shape index (κ1) is 11.2. The smallest absolute Gasteiger partial charge is 0.223 e. The van der Waals surface area contributed by atoms with Gasteiger partial charge in [-0.25, -0.2) is 4.98 Å². The van der Waals surface area contributed by atoms with Crippen LogP contribution >= 0.6 is 0 Å². The van der Waals surface area contributed by atoms with Crippen LogP contribution in [0, 0.1) is 12.8 Å². The highest BCUT2D eigenvalue weighted by Gasteiger charge is 2.21. The second-order valence-corrected chi connectivity index (χ2v) is 4.39. The summed E-state index contributed by atoms with van der Waals surface area (Å²) in [6.07, 6.45) is 6.85. The molecule has 1 saturated carbocycles. The number of nitrogens with one attached hydrogen (secondary N) is 1. The fraction of sp³-hybridized carbons (Fsp3) is 0.667. The Hall–Kier alpha value is -1.32. The van der Waals surface area contributed by atoms with Gasteiger partial charge in [0, 0.05) is 18.9 Å². The van der Waals surface area contributed by atoms with Gasteiger partial charge in [-0.05, 0) is 19.8 Å². The first-order valence-corrected chi connectivity index (χ1v) is 5.95. The highest BCUT2D eigenvalue weighted by molar-refractivity contribution is 5.78. The van der Waals surface area contributed by atoms with Crippen molar-refractivity contribution in [2.24, 2.45) is 5.92 Å². The van der Waals surface area contributed by atoms with Gasteiger partial charge in [0.2, 0.25) is 5.91 Å². The van der Waals surface area contributed by atoms with Crippen molar-refractivity contribution in [2.75, 3.05) is 6.54 Å². The summed E-state index contributed by atoms with van der Waals surface area (Å²) >= 11 is 0. The number of carbonyl (C=O) groups is 1. The monoisotopic (exact) mass is 222 g/mol. The van der Waals surface area contributed by atoms with E-state index in [1.807, 2.05) is 6.92 Å². The summed E-state index contributed by atoms with van der Waals surface area (Å²) < 4.78 is 5.33. The Balaban J connectivity index is 1.69. The molecule has 0 radical (unpaired) electrons. The number of aromatic nitrogens is 1. The number of hydrogen-bond acceptors (Lipinski definition) is 3. The second kappa shape index (κ2) is 5.14.